The maximum absolute atomic E-state index is 5.73. The third kappa shape index (κ3) is 2.73. The van der Waals surface area contributed by atoms with E-state index in [9.17, 15) is 0 Å². The van der Waals surface area contributed by atoms with E-state index in [4.69, 9.17) is 18.0 Å². The summed E-state index contributed by atoms with van der Waals surface area (Å²) in [6.07, 6.45) is 8.31. The molecule has 20 heavy (non-hydrogen) atoms. The zero-order valence-corrected chi connectivity index (χ0v) is 14.0. The summed E-state index contributed by atoms with van der Waals surface area (Å²) in [6.45, 7) is 1.18. The third-order valence-electron chi connectivity index (χ3n) is 4.79. The van der Waals surface area contributed by atoms with Crippen LogP contribution in [0.2, 0.25) is 0 Å². The second-order valence-corrected chi connectivity index (χ2v) is 7.27. The van der Waals surface area contributed by atoms with Crippen LogP contribution in [0.1, 0.15) is 44.1 Å². The van der Waals surface area contributed by atoms with Gasteiger partial charge in [-0.15, -0.1) is 0 Å². The SMILES string of the molecule is NC(=S)c1ccc(N2CCCC2C2CCCC2)cc1Br. The molecule has 2 aliphatic rings. The smallest absolute Gasteiger partial charge is 0.105 e. The minimum atomic E-state index is 0.456. The molecule has 0 spiro atoms. The Labute approximate surface area is 134 Å². The number of rotatable bonds is 3. The van der Waals surface area contributed by atoms with Crippen molar-refractivity contribution in [1.82, 2.24) is 0 Å². The van der Waals surface area contributed by atoms with Crippen molar-refractivity contribution < 1.29 is 0 Å². The van der Waals surface area contributed by atoms with E-state index in [1.165, 1.54) is 50.8 Å². The number of hydrogen-bond acceptors (Lipinski definition) is 2. The fraction of sp³-hybridized carbons (Fsp3) is 0.562. The Balaban J connectivity index is 1.84. The molecule has 1 unspecified atom stereocenters. The summed E-state index contributed by atoms with van der Waals surface area (Å²) in [5, 5.41) is 0. The number of anilines is 1. The number of nitrogens with zero attached hydrogens (tertiary/aromatic N) is 1. The number of thiocarbonyl (C=S) groups is 1. The molecular weight excluding hydrogens is 332 g/mol. The van der Waals surface area contributed by atoms with Crippen LogP contribution >= 0.6 is 28.1 Å². The Bertz CT molecular complexity index is 511. The molecule has 1 saturated heterocycles. The summed E-state index contributed by atoms with van der Waals surface area (Å²) in [4.78, 5) is 3.06. The lowest BCUT2D eigenvalue weighted by Gasteiger charge is -2.31. The van der Waals surface area contributed by atoms with Gasteiger partial charge in [0.1, 0.15) is 4.99 Å². The van der Waals surface area contributed by atoms with Crippen LogP contribution in [0.5, 0.6) is 0 Å². The van der Waals surface area contributed by atoms with Crippen molar-refractivity contribution in [2.45, 2.75) is 44.6 Å². The van der Waals surface area contributed by atoms with Crippen molar-refractivity contribution in [3.63, 3.8) is 0 Å². The Morgan fingerprint density at radius 1 is 1.20 bits per heavy atom. The first-order chi connectivity index (χ1) is 9.66. The lowest BCUT2D eigenvalue weighted by molar-refractivity contribution is 0.431. The zero-order valence-electron chi connectivity index (χ0n) is 11.6. The average Bonchev–Trinajstić information content (AvgIpc) is 3.09. The number of halogens is 1. The molecule has 0 aromatic heterocycles. The third-order valence-corrected chi connectivity index (χ3v) is 5.67. The fourth-order valence-corrected chi connectivity index (χ4v) is 4.72. The predicted octanol–water partition coefficient (Wildman–Crippen LogP) is 4.24. The van der Waals surface area contributed by atoms with Crippen molar-refractivity contribution in [2.75, 3.05) is 11.4 Å². The maximum atomic E-state index is 5.73. The summed E-state index contributed by atoms with van der Waals surface area (Å²) in [5.74, 6) is 0.895. The van der Waals surface area contributed by atoms with Gasteiger partial charge in [0.05, 0.1) is 0 Å². The van der Waals surface area contributed by atoms with E-state index in [1.54, 1.807) is 0 Å². The van der Waals surface area contributed by atoms with Crippen molar-refractivity contribution >= 4 is 38.8 Å². The van der Waals surface area contributed by atoms with E-state index in [2.05, 4.69) is 33.0 Å². The van der Waals surface area contributed by atoms with E-state index >= 15 is 0 Å². The Morgan fingerprint density at radius 2 is 1.95 bits per heavy atom. The fourth-order valence-electron chi connectivity index (χ4n) is 3.83. The Hall–Kier alpha value is -0.610. The Kier molecular flexibility index (Phi) is 4.32. The van der Waals surface area contributed by atoms with Gasteiger partial charge >= 0.3 is 0 Å². The highest BCUT2D eigenvalue weighted by Crippen LogP contribution is 2.38. The molecule has 4 heteroatoms. The summed E-state index contributed by atoms with van der Waals surface area (Å²) in [5.41, 5.74) is 7.98. The first-order valence-corrected chi connectivity index (χ1v) is 8.73. The van der Waals surface area contributed by atoms with Crippen LogP contribution in [0.15, 0.2) is 22.7 Å². The number of nitrogens with two attached hydrogens (primary N) is 1. The van der Waals surface area contributed by atoms with Crippen LogP contribution in [-0.4, -0.2) is 17.6 Å². The highest BCUT2D eigenvalue weighted by molar-refractivity contribution is 9.10. The van der Waals surface area contributed by atoms with Gasteiger partial charge in [-0.05, 0) is 65.7 Å². The lowest BCUT2D eigenvalue weighted by Crippen LogP contribution is -2.34. The highest BCUT2D eigenvalue weighted by Gasteiger charge is 2.33. The van der Waals surface area contributed by atoms with E-state index in [-0.39, 0.29) is 0 Å². The predicted molar refractivity (Wildman–Crippen MR) is 92.4 cm³/mol. The molecule has 2 nitrogen and oxygen atoms in total. The topological polar surface area (TPSA) is 29.3 Å². The van der Waals surface area contributed by atoms with Gasteiger partial charge in [-0.2, -0.15) is 0 Å². The van der Waals surface area contributed by atoms with Crippen molar-refractivity contribution in [1.29, 1.82) is 0 Å². The molecule has 1 aromatic carbocycles. The summed E-state index contributed by atoms with van der Waals surface area (Å²) < 4.78 is 1.01. The summed E-state index contributed by atoms with van der Waals surface area (Å²) in [7, 11) is 0. The molecule has 1 aliphatic heterocycles. The van der Waals surface area contributed by atoms with Gasteiger partial charge in [-0.1, -0.05) is 25.1 Å². The van der Waals surface area contributed by atoms with Gasteiger partial charge in [0.15, 0.2) is 0 Å². The number of hydrogen-bond donors (Lipinski definition) is 1. The quantitative estimate of drug-likeness (QED) is 0.824. The van der Waals surface area contributed by atoms with Crippen LogP contribution in [0.3, 0.4) is 0 Å². The molecule has 1 saturated carbocycles. The van der Waals surface area contributed by atoms with Crippen LogP contribution in [-0.2, 0) is 0 Å². The molecule has 0 radical (unpaired) electrons. The summed E-state index contributed by atoms with van der Waals surface area (Å²) >= 11 is 8.68. The van der Waals surface area contributed by atoms with Gasteiger partial charge < -0.3 is 10.6 Å². The molecule has 2 fully saturated rings. The van der Waals surface area contributed by atoms with Gasteiger partial charge in [-0.3, -0.25) is 0 Å². The largest absolute Gasteiger partial charge is 0.389 e. The van der Waals surface area contributed by atoms with E-state index in [0.717, 1.165) is 22.0 Å². The number of benzene rings is 1. The molecule has 0 amide bonds. The average molecular weight is 353 g/mol. The molecule has 1 aliphatic carbocycles. The first-order valence-electron chi connectivity index (χ1n) is 7.53. The van der Waals surface area contributed by atoms with Crippen molar-refractivity contribution in [2.24, 2.45) is 11.7 Å². The molecule has 2 N–H and O–H groups in total. The molecule has 1 heterocycles. The zero-order chi connectivity index (χ0) is 14.1. The van der Waals surface area contributed by atoms with Gasteiger partial charge in [0, 0.05) is 28.3 Å². The van der Waals surface area contributed by atoms with Gasteiger partial charge in [0.2, 0.25) is 0 Å². The first kappa shape index (κ1) is 14.3. The van der Waals surface area contributed by atoms with Crippen molar-refractivity contribution in [3.8, 4) is 0 Å². The van der Waals surface area contributed by atoms with Crippen LogP contribution < -0.4 is 10.6 Å². The minimum Gasteiger partial charge on any atom is -0.389 e. The van der Waals surface area contributed by atoms with Gasteiger partial charge in [-0.25, -0.2) is 0 Å². The molecule has 108 valence electrons. The maximum Gasteiger partial charge on any atom is 0.105 e. The monoisotopic (exact) mass is 352 g/mol. The minimum absolute atomic E-state index is 0.456. The van der Waals surface area contributed by atoms with E-state index in [0.29, 0.717) is 4.99 Å². The van der Waals surface area contributed by atoms with Crippen LogP contribution in [0, 0.1) is 5.92 Å². The molecular formula is C16H21BrN2S. The normalized spacial score (nSPS) is 23.4. The highest BCUT2D eigenvalue weighted by atomic mass is 79.9. The lowest BCUT2D eigenvalue weighted by atomic mass is 9.95. The molecule has 3 rings (SSSR count). The van der Waals surface area contributed by atoms with Crippen LogP contribution in [0.25, 0.3) is 0 Å². The van der Waals surface area contributed by atoms with Gasteiger partial charge in [0.25, 0.3) is 0 Å². The Morgan fingerprint density at radius 3 is 2.60 bits per heavy atom. The molecule has 0 bridgehead atoms. The summed E-state index contributed by atoms with van der Waals surface area (Å²) in [6, 6.07) is 7.14. The standard InChI is InChI=1S/C16H21BrN2S/c17-14-10-12(7-8-13(14)16(18)20)19-9-3-6-15(19)11-4-1-2-5-11/h7-8,10-11,15H,1-6,9H2,(H2,18,20). The molecule has 1 aromatic rings. The second kappa shape index (κ2) is 6.02. The van der Waals surface area contributed by atoms with Crippen LogP contribution in [0.4, 0.5) is 5.69 Å². The van der Waals surface area contributed by atoms with Crippen molar-refractivity contribution in [3.05, 3.63) is 28.2 Å². The van der Waals surface area contributed by atoms with E-state index in [1.807, 2.05) is 6.07 Å². The van der Waals surface area contributed by atoms with E-state index < -0.39 is 0 Å². The second-order valence-electron chi connectivity index (χ2n) is 5.98. The molecule has 1 atom stereocenters.